The number of ketones is 1. The fourth-order valence-electron chi connectivity index (χ4n) is 2.18. The summed E-state index contributed by atoms with van der Waals surface area (Å²) in [5, 5.41) is 0. The molecule has 1 aliphatic rings. The molecule has 0 aromatic carbocycles. The van der Waals surface area contributed by atoms with Gasteiger partial charge in [-0.25, -0.2) is 0 Å². The number of Topliss-reactive ketones (excluding diaryl/α,β-unsaturated/α-hetero) is 1. The van der Waals surface area contributed by atoms with Crippen LogP contribution in [0.4, 0.5) is 22.0 Å². The molecule has 0 heterocycles. The lowest BCUT2D eigenvalue weighted by molar-refractivity contribution is -0.271. The molecule has 3 atom stereocenters. The molecule has 1 fully saturated rings. The van der Waals surface area contributed by atoms with Gasteiger partial charge in [0.25, 0.3) is 0 Å². The maximum Gasteiger partial charge on any atom is 0.461 e. The quantitative estimate of drug-likeness (QED) is 0.688. The van der Waals surface area contributed by atoms with Gasteiger partial charge in [-0.05, 0) is 31.1 Å². The second kappa shape index (κ2) is 4.53. The minimum Gasteiger partial charge on any atom is -0.292 e. The molecule has 100 valence electrons. The van der Waals surface area contributed by atoms with E-state index in [1.165, 1.54) is 0 Å². The lowest BCUT2D eigenvalue weighted by Gasteiger charge is -2.33. The summed E-state index contributed by atoms with van der Waals surface area (Å²) in [5.74, 6) is -8.08. The molecule has 1 nitrogen and oxygen atoms in total. The largest absolute Gasteiger partial charge is 0.461 e. The van der Waals surface area contributed by atoms with Crippen LogP contribution >= 0.6 is 0 Å². The first-order valence-corrected chi connectivity index (χ1v) is 5.56. The zero-order valence-corrected chi connectivity index (χ0v) is 9.65. The number of carbonyl (C=O) groups excluding carboxylic acids is 1. The van der Waals surface area contributed by atoms with Crippen LogP contribution in [0.2, 0.25) is 0 Å². The molecular formula is C11H15F5O. The van der Waals surface area contributed by atoms with Gasteiger partial charge in [0.15, 0.2) is 0 Å². The van der Waals surface area contributed by atoms with E-state index in [0.717, 1.165) is 0 Å². The molecule has 0 amide bonds. The Balaban J connectivity index is 2.78. The van der Waals surface area contributed by atoms with Crippen molar-refractivity contribution in [2.24, 2.45) is 17.8 Å². The molecule has 0 spiro atoms. The van der Waals surface area contributed by atoms with Crippen molar-refractivity contribution in [1.82, 2.24) is 0 Å². The number of carbonyl (C=O) groups is 1. The monoisotopic (exact) mass is 258 g/mol. The van der Waals surface area contributed by atoms with Crippen molar-refractivity contribution in [2.45, 2.75) is 45.2 Å². The van der Waals surface area contributed by atoms with Crippen LogP contribution in [-0.2, 0) is 4.79 Å². The summed E-state index contributed by atoms with van der Waals surface area (Å²) < 4.78 is 61.8. The van der Waals surface area contributed by atoms with Gasteiger partial charge in [0.1, 0.15) is 0 Å². The number of hydrogen-bond acceptors (Lipinski definition) is 1. The molecule has 0 aromatic rings. The van der Waals surface area contributed by atoms with Crippen molar-refractivity contribution >= 4 is 5.78 Å². The first kappa shape index (κ1) is 14.4. The van der Waals surface area contributed by atoms with Crippen molar-refractivity contribution in [3.63, 3.8) is 0 Å². The molecule has 1 aliphatic carbocycles. The Labute approximate surface area is 96.4 Å². The summed E-state index contributed by atoms with van der Waals surface area (Å²) in [6.45, 7) is 3.68. The van der Waals surface area contributed by atoms with E-state index in [2.05, 4.69) is 0 Å². The topological polar surface area (TPSA) is 17.1 Å². The van der Waals surface area contributed by atoms with Crippen LogP contribution < -0.4 is 0 Å². The summed E-state index contributed by atoms with van der Waals surface area (Å²) in [4.78, 5) is 11.2. The molecule has 0 aliphatic heterocycles. The molecule has 0 bridgehead atoms. The Bertz CT molecular complexity index is 297. The Morgan fingerprint density at radius 1 is 1.00 bits per heavy atom. The van der Waals surface area contributed by atoms with Crippen LogP contribution in [0, 0.1) is 17.8 Å². The van der Waals surface area contributed by atoms with Gasteiger partial charge in [-0.15, -0.1) is 0 Å². The van der Waals surface area contributed by atoms with E-state index < -0.39 is 23.8 Å². The standard InChI is InChI=1S/C11H15F5O/c1-6-3-4-8(5-7(6)2)9(17)10(12,13)11(14,15)16/h6-8H,3-5H2,1-2H3. The molecule has 1 rings (SSSR count). The van der Waals surface area contributed by atoms with Crippen molar-refractivity contribution in [2.75, 3.05) is 0 Å². The predicted molar refractivity (Wildman–Crippen MR) is 51.7 cm³/mol. The highest BCUT2D eigenvalue weighted by Crippen LogP contribution is 2.42. The zero-order chi connectivity index (χ0) is 13.4. The Morgan fingerprint density at radius 3 is 1.94 bits per heavy atom. The Hall–Kier alpha value is -0.680. The van der Waals surface area contributed by atoms with E-state index >= 15 is 0 Å². The van der Waals surface area contributed by atoms with Crippen molar-refractivity contribution in [1.29, 1.82) is 0 Å². The van der Waals surface area contributed by atoms with Crippen LogP contribution in [0.25, 0.3) is 0 Å². The van der Waals surface area contributed by atoms with E-state index in [1.54, 1.807) is 6.92 Å². The van der Waals surface area contributed by atoms with E-state index in [-0.39, 0.29) is 24.7 Å². The fraction of sp³-hybridized carbons (Fsp3) is 0.909. The van der Waals surface area contributed by atoms with Gasteiger partial charge in [0.2, 0.25) is 5.78 Å². The van der Waals surface area contributed by atoms with E-state index in [4.69, 9.17) is 0 Å². The second-order valence-electron chi connectivity index (χ2n) is 4.90. The van der Waals surface area contributed by atoms with Crippen LogP contribution in [0.1, 0.15) is 33.1 Å². The number of rotatable bonds is 2. The van der Waals surface area contributed by atoms with Gasteiger partial charge >= 0.3 is 12.1 Å². The maximum atomic E-state index is 12.9. The van der Waals surface area contributed by atoms with Gasteiger partial charge in [0.05, 0.1) is 0 Å². The van der Waals surface area contributed by atoms with E-state index in [9.17, 15) is 26.7 Å². The highest BCUT2D eigenvalue weighted by atomic mass is 19.4. The van der Waals surface area contributed by atoms with Crippen molar-refractivity contribution in [3.05, 3.63) is 0 Å². The molecule has 0 radical (unpaired) electrons. The summed E-state index contributed by atoms with van der Waals surface area (Å²) in [6.07, 6.45) is -5.02. The number of hydrogen-bond donors (Lipinski definition) is 0. The normalized spacial score (nSPS) is 31.4. The lowest BCUT2D eigenvalue weighted by Crippen LogP contribution is -2.48. The molecule has 0 saturated heterocycles. The number of halogens is 5. The Morgan fingerprint density at radius 2 is 1.53 bits per heavy atom. The minimum absolute atomic E-state index is 0.00161. The van der Waals surface area contributed by atoms with Crippen LogP contribution in [0.15, 0.2) is 0 Å². The highest BCUT2D eigenvalue weighted by Gasteiger charge is 2.64. The van der Waals surface area contributed by atoms with Gasteiger partial charge in [-0.2, -0.15) is 22.0 Å². The fourth-order valence-corrected chi connectivity index (χ4v) is 2.18. The molecule has 17 heavy (non-hydrogen) atoms. The van der Waals surface area contributed by atoms with Crippen molar-refractivity contribution in [3.8, 4) is 0 Å². The maximum absolute atomic E-state index is 12.9. The first-order chi connectivity index (χ1) is 7.57. The third-order valence-corrected chi connectivity index (χ3v) is 3.63. The molecule has 6 heteroatoms. The van der Waals surface area contributed by atoms with Crippen LogP contribution in [0.3, 0.4) is 0 Å². The SMILES string of the molecule is CC1CCC(C(=O)C(F)(F)C(F)(F)F)CC1C. The van der Waals surface area contributed by atoms with Gasteiger partial charge in [-0.3, -0.25) is 4.79 Å². The van der Waals surface area contributed by atoms with Gasteiger partial charge in [0, 0.05) is 5.92 Å². The smallest absolute Gasteiger partial charge is 0.292 e. The number of alkyl halides is 5. The molecule has 0 aromatic heterocycles. The molecule has 0 N–H and O–H groups in total. The summed E-state index contributed by atoms with van der Waals surface area (Å²) in [7, 11) is 0. The average molecular weight is 258 g/mol. The van der Waals surface area contributed by atoms with E-state index in [1.807, 2.05) is 6.92 Å². The molecule has 3 unspecified atom stereocenters. The summed E-state index contributed by atoms with van der Waals surface area (Å²) in [5.41, 5.74) is 0. The van der Waals surface area contributed by atoms with Gasteiger partial charge in [-0.1, -0.05) is 13.8 Å². The van der Waals surface area contributed by atoms with Crippen molar-refractivity contribution < 1.29 is 26.7 Å². The van der Waals surface area contributed by atoms with Gasteiger partial charge < -0.3 is 0 Å². The average Bonchev–Trinajstić information content (AvgIpc) is 2.19. The third kappa shape index (κ3) is 2.77. The highest BCUT2D eigenvalue weighted by molar-refractivity contribution is 5.88. The zero-order valence-electron chi connectivity index (χ0n) is 9.65. The molecule has 1 saturated carbocycles. The molecular weight excluding hydrogens is 243 g/mol. The Kier molecular flexibility index (Phi) is 3.84. The lowest BCUT2D eigenvalue weighted by atomic mass is 9.73. The van der Waals surface area contributed by atoms with Crippen LogP contribution in [0.5, 0.6) is 0 Å². The second-order valence-corrected chi connectivity index (χ2v) is 4.90. The van der Waals surface area contributed by atoms with E-state index in [0.29, 0.717) is 6.42 Å². The predicted octanol–water partition coefficient (Wildman–Crippen LogP) is 3.83. The summed E-state index contributed by atoms with van der Waals surface area (Å²) in [6, 6.07) is 0. The third-order valence-electron chi connectivity index (χ3n) is 3.63. The van der Waals surface area contributed by atoms with Crippen LogP contribution in [-0.4, -0.2) is 17.9 Å². The summed E-state index contributed by atoms with van der Waals surface area (Å²) >= 11 is 0. The minimum atomic E-state index is -5.78. The first-order valence-electron chi connectivity index (χ1n) is 5.56.